The third-order valence-electron chi connectivity index (χ3n) is 5.72. The number of carbonyl (C=O) groups is 2. The van der Waals surface area contributed by atoms with Crippen LogP contribution in [0.1, 0.15) is 28.7 Å². The van der Waals surface area contributed by atoms with Crippen LogP contribution in [0.2, 0.25) is 0 Å². The first-order valence-electron chi connectivity index (χ1n) is 10.2. The average molecular weight is 399 g/mol. The smallest absolute Gasteiger partial charge is 0.316 e. The molecule has 0 unspecified atom stereocenters. The van der Waals surface area contributed by atoms with Gasteiger partial charge in [-0.15, -0.1) is 0 Å². The molecule has 0 saturated carbocycles. The molecular formula is C26H25NO3. The lowest BCUT2D eigenvalue weighted by atomic mass is 10.1. The van der Waals surface area contributed by atoms with Crippen molar-refractivity contribution >= 4 is 17.6 Å². The molecule has 1 heterocycles. The molecule has 1 aliphatic rings. The second-order valence-corrected chi connectivity index (χ2v) is 7.85. The number of nitrogens with zero attached hydrogens (tertiary/aromatic N) is 1. The summed E-state index contributed by atoms with van der Waals surface area (Å²) < 4.78 is 5.57. The van der Waals surface area contributed by atoms with Gasteiger partial charge in [-0.3, -0.25) is 9.59 Å². The van der Waals surface area contributed by atoms with Crippen LogP contribution in [0.15, 0.2) is 72.8 Å². The molecule has 1 atom stereocenters. The highest BCUT2D eigenvalue weighted by atomic mass is 16.5. The van der Waals surface area contributed by atoms with Gasteiger partial charge in [-0.2, -0.15) is 0 Å². The van der Waals surface area contributed by atoms with Gasteiger partial charge in [0.1, 0.15) is 5.75 Å². The van der Waals surface area contributed by atoms with Crippen LogP contribution in [-0.2, 0) is 16.0 Å². The summed E-state index contributed by atoms with van der Waals surface area (Å²) in [5.41, 5.74) is 5.45. The first kappa shape index (κ1) is 19.9. The van der Waals surface area contributed by atoms with Crippen molar-refractivity contribution in [2.24, 2.45) is 5.92 Å². The van der Waals surface area contributed by atoms with Gasteiger partial charge < -0.3 is 9.64 Å². The highest BCUT2D eigenvalue weighted by molar-refractivity contribution is 6.00. The molecule has 0 bridgehead atoms. The molecule has 0 spiro atoms. The van der Waals surface area contributed by atoms with Crippen LogP contribution in [0.25, 0.3) is 0 Å². The number of benzene rings is 3. The van der Waals surface area contributed by atoms with Crippen molar-refractivity contribution in [3.05, 3.63) is 95.1 Å². The van der Waals surface area contributed by atoms with Gasteiger partial charge >= 0.3 is 5.97 Å². The molecule has 0 radical (unpaired) electrons. The lowest BCUT2D eigenvalue weighted by Crippen LogP contribution is -2.28. The predicted molar refractivity (Wildman–Crippen MR) is 118 cm³/mol. The van der Waals surface area contributed by atoms with Crippen molar-refractivity contribution in [2.75, 3.05) is 11.4 Å². The molecule has 1 saturated heterocycles. The van der Waals surface area contributed by atoms with E-state index in [0.717, 1.165) is 28.8 Å². The number of ether oxygens (including phenoxy) is 1. The Morgan fingerprint density at radius 1 is 0.933 bits per heavy atom. The summed E-state index contributed by atoms with van der Waals surface area (Å²) in [5.74, 6) is -0.341. The predicted octanol–water partition coefficient (Wildman–Crippen LogP) is 4.85. The minimum atomic E-state index is -0.457. The zero-order chi connectivity index (χ0) is 21.1. The molecule has 4 rings (SSSR count). The van der Waals surface area contributed by atoms with Gasteiger partial charge in [0.2, 0.25) is 5.91 Å². The Morgan fingerprint density at radius 3 is 2.37 bits per heavy atom. The van der Waals surface area contributed by atoms with Crippen LogP contribution in [0, 0.1) is 19.8 Å². The summed E-state index contributed by atoms with van der Waals surface area (Å²) in [4.78, 5) is 26.9. The molecule has 1 amide bonds. The Labute approximate surface area is 177 Å². The summed E-state index contributed by atoms with van der Waals surface area (Å²) in [6.07, 6.45) is 1.01. The van der Waals surface area contributed by atoms with E-state index in [1.165, 1.54) is 5.56 Å². The zero-order valence-electron chi connectivity index (χ0n) is 17.3. The van der Waals surface area contributed by atoms with Crippen LogP contribution in [-0.4, -0.2) is 18.4 Å². The third kappa shape index (κ3) is 4.28. The van der Waals surface area contributed by atoms with Crippen molar-refractivity contribution in [1.82, 2.24) is 0 Å². The second-order valence-electron chi connectivity index (χ2n) is 7.85. The lowest BCUT2D eigenvalue weighted by Gasteiger charge is -2.20. The molecule has 3 aromatic rings. The maximum Gasteiger partial charge on any atom is 0.316 e. The van der Waals surface area contributed by atoms with E-state index in [9.17, 15) is 9.59 Å². The number of anilines is 1. The molecule has 4 nitrogen and oxygen atoms in total. The fourth-order valence-electron chi connectivity index (χ4n) is 3.83. The summed E-state index contributed by atoms with van der Waals surface area (Å²) >= 11 is 0. The number of hydrogen-bond acceptors (Lipinski definition) is 3. The van der Waals surface area contributed by atoms with Crippen molar-refractivity contribution in [3.8, 4) is 5.75 Å². The van der Waals surface area contributed by atoms with Crippen molar-refractivity contribution in [2.45, 2.75) is 26.7 Å². The van der Waals surface area contributed by atoms with E-state index >= 15 is 0 Å². The van der Waals surface area contributed by atoms with E-state index in [-0.39, 0.29) is 18.3 Å². The monoisotopic (exact) mass is 399 g/mol. The van der Waals surface area contributed by atoms with Gasteiger partial charge in [0.15, 0.2) is 0 Å². The molecule has 3 aromatic carbocycles. The van der Waals surface area contributed by atoms with E-state index in [2.05, 4.69) is 12.1 Å². The number of amides is 1. The second kappa shape index (κ2) is 8.54. The minimum absolute atomic E-state index is 0.0381. The minimum Gasteiger partial charge on any atom is -0.426 e. The SMILES string of the molecule is Cc1cccc(N2C[C@@H](C(=O)Oc3ccc(Cc4ccccc4)cc3)CC2=O)c1C. The summed E-state index contributed by atoms with van der Waals surface area (Å²) in [5, 5.41) is 0. The Hall–Kier alpha value is -3.40. The van der Waals surface area contributed by atoms with Gasteiger partial charge in [0, 0.05) is 18.7 Å². The van der Waals surface area contributed by atoms with Gasteiger partial charge in [0.05, 0.1) is 5.92 Å². The first-order chi connectivity index (χ1) is 14.5. The maximum atomic E-state index is 12.7. The topological polar surface area (TPSA) is 46.6 Å². The van der Waals surface area contributed by atoms with E-state index in [0.29, 0.717) is 12.3 Å². The van der Waals surface area contributed by atoms with Gasteiger partial charge in [-0.25, -0.2) is 0 Å². The lowest BCUT2D eigenvalue weighted by molar-refractivity contribution is -0.139. The highest BCUT2D eigenvalue weighted by Crippen LogP contribution is 2.30. The molecule has 1 fully saturated rings. The Balaban J connectivity index is 1.39. The average Bonchev–Trinajstić information content (AvgIpc) is 3.14. The molecular weight excluding hydrogens is 374 g/mol. The number of aryl methyl sites for hydroxylation is 1. The van der Waals surface area contributed by atoms with Crippen LogP contribution >= 0.6 is 0 Å². The van der Waals surface area contributed by atoms with E-state index in [4.69, 9.17) is 4.74 Å². The van der Waals surface area contributed by atoms with E-state index in [1.54, 1.807) is 4.90 Å². The van der Waals surface area contributed by atoms with Crippen molar-refractivity contribution in [3.63, 3.8) is 0 Å². The summed E-state index contributed by atoms with van der Waals surface area (Å²) in [6.45, 7) is 4.38. The largest absolute Gasteiger partial charge is 0.426 e. The van der Waals surface area contributed by atoms with Gasteiger partial charge in [-0.1, -0.05) is 54.6 Å². The molecule has 152 valence electrons. The summed E-state index contributed by atoms with van der Waals surface area (Å²) in [6, 6.07) is 23.7. The molecule has 4 heteroatoms. The Morgan fingerprint density at radius 2 is 1.63 bits per heavy atom. The van der Waals surface area contributed by atoms with Crippen molar-refractivity contribution in [1.29, 1.82) is 0 Å². The normalized spacial score (nSPS) is 16.0. The Bertz CT molecular complexity index is 1060. The number of carbonyl (C=O) groups excluding carboxylic acids is 2. The van der Waals surface area contributed by atoms with Crippen LogP contribution < -0.4 is 9.64 Å². The van der Waals surface area contributed by atoms with Gasteiger partial charge in [0.25, 0.3) is 0 Å². The molecule has 30 heavy (non-hydrogen) atoms. The summed E-state index contributed by atoms with van der Waals surface area (Å²) in [7, 11) is 0. The third-order valence-corrected chi connectivity index (χ3v) is 5.72. The fraction of sp³-hybridized carbons (Fsp3) is 0.231. The zero-order valence-corrected chi connectivity index (χ0v) is 17.3. The van der Waals surface area contributed by atoms with E-state index < -0.39 is 5.92 Å². The quantitative estimate of drug-likeness (QED) is 0.455. The standard InChI is InChI=1S/C26H25NO3/c1-18-7-6-10-24(19(18)2)27-17-22(16-25(27)28)26(29)30-23-13-11-21(12-14-23)15-20-8-4-3-5-9-20/h3-14,22H,15-17H2,1-2H3/t22-/m0/s1. The fourth-order valence-corrected chi connectivity index (χ4v) is 3.83. The number of rotatable bonds is 5. The first-order valence-corrected chi connectivity index (χ1v) is 10.2. The molecule has 1 aliphatic heterocycles. The molecule has 0 N–H and O–H groups in total. The Kier molecular flexibility index (Phi) is 5.66. The maximum absolute atomic E-state index is 12.7. The molecule has 0 aromatic heterocycles. The van der Waals surface area contributed by atoms with Crippen molar-refractivity contribution < 1.29 is 14.3 Å². The number of hydrogen-bond donors (Lipinski definition) is 0. The molecule has 0 aliphatic carbocycles. The van der Waals surface area contributed by atoms with Crippen LogP contribution in [0.3, 0.4) is 0 Å². The van der Waals surface area contributed by atoms with Crippen LogP contribution in [0.5, 0.6) is 5.75 Å². The van der Waals surface area contributed by atoms with Crippen LogP contribution in [0.4, 0.5) is 5.69 Å². The van der Waals surface area contributed by atoms with Gasteiger partial charge in [-0.05, 0) is 60.7 Å². The van der Waals surface area contributed by atoms with E-state index in [1.807, 2.05) is 74.5 Å². The number of esters is 1. The highest BCUT2D eigenvalue weighted by Gasteiger charge is 2.37.